The number of aliphatic imine (C=N–C) groups is 1. The van der Waals surface area contributed by atoms with Gasteiger partial charge in [-0.2, -0.15) is 13.2 Å². The molecule has 0 atom stereocenters. The summed E-state index contributed by atoms with van der Waals surface area (Å²) in [6, 6.07) is 7.25. The molecule has 0 saturated carbocycles. The average Bonchev–Trinajstić information content (AvgIpc) is 2.65. The molecule has 0 spiro atoms. The van der Waals surface area contributed by atoms with Crippen molar-refractivity contribution in [3.8, 4) is 0 Å². The minimum Gasteiger partial charge on any atom is -0.377 e. The Morgan fingerprint density at radius 1 is 1.19 bits per heavy atom. The maximum atomic E-state index is 12.1. The van der Waals surface area contributed by atoms with Crippen LogP contribution < -0.4 is 10.6 Å². The van der Waals surface area contributed by atoms with Crippen LogP contribution in [0.1, 0.15) is 24.0 Å². The average molecular weight is 385 g/mol. The van der Waals surface area contributed by atoms with E-state index in [-0.39, 0.29) is 6.61 Å². The van der Waals surface area contributed by atoms with Crippen LogP contribution in [0.3, 0.4) is 0 Å². The highest BCUT2D eigenvalue weighted by molar-refractivity contribution is 5.79. The van der Waals surface area contributed by atoms with Crippen LogP contribution in [-0.4, -0.2) is 45.5 Å². The van der Waals surface area contributed by atoms with E-state index in [1.54, 1.807) is 19.2 Å². The standard InChI is InChI=1S/C19H26F3N3O2/c1-23-18(24-9-6-15-7-10-26-11-8-15)25-12-16-2-4-17(5-3-16)13-27-14-19(20,21)22/h2-5,7H,6,8-14H2,1H3,(H2,23,24,25). The van der Waals surface area contributed by atoms with Gasteiger partial charge in [0.05, 0.1) is 19.8 Å². The Kier molecular flexibility index (Phi) is 8.60. The van der Waals surface area contributed by atoms with E-state index in [1.165, 1.54) is 5.57 Å². The highest BCUT2D eigenvalue weighted by Gasteiger charge is 2.27. The van der Waals surface area contributed by atoms with Gasteiger partial charge in [-0.1, -0.05) is 35.9 Å². The van der Waals surface area contributed by atoms with Crippen molar-refractivity contribution >= 4 is 5.96 Å². The fourth-order valence-corrected chi connectivity index (χ4v) is 2.58. The number of halogens is 3. The SMILES string of the molecule is CN=C(NCCC1=CCOCC1)NCc1ccc(COCC(F)(F)F)cc1. The molecule has 150 valence electrons. The second-order valence-corrected chi connectivity index (χ2v) is 6.21. The van der Waals surface area contributed by atoms with Crippen molar-refractivity contribution in [2.75, 3.05) is 33.4 Å². The normalized spacial score (nSPS) is 15.4. The summed E-state index contributed by atoms with van der Waals surface area (Å²) in [5.74, 6) is 0.709. The second kappa shape index (κ2) is 10.9. The van der Waals surface area contributed by atoms with Gasteiger partial charge in [0.25, 0.3) is 0 Å². The Labute approximate surface area is 157 Å². The van der Waals surface area contributed by atoms with E-state index < -0.39 is 12.8 Å². The van der Waals surface area contributed by atoms with Crippen LogP contribution in [-0.2, 0) is 22.6 Å². The third-order valence-electron chi connectivity index (χ3n) is 4.04. The molecule has 5 nitrogen and oxygen atoms in total. The molecule has 2 rings (SSSR count). The monoisotopic (exact) mass is 385 g/mol. The van der Waals surface area contributed by atoms with Gasteiger partial charge in [0, 0.05) is 20.1 Å². The first-order valence-electron chi connectivity index (χ1n) is 8.89. The molecule has 8 heteroatoms. The lowest BCUT2D eigenvalue weighted by molar-refractivity contribution is -0.176. The molecule has 0 unspecified atom stereocenters. The number of benzene rings is 1. The van der Waals surface area contributed by atoms with E-state index >= 15 is 0 Å². The maximum Gasteiger partial charge on any atom is 0.411 e. The van der Waals surface area contributed by atoms with Crippen LogP contribution in [0.4, 0.5) is 13.2 Å². The molecule has 1 heterocycles. The molecule has 0 fully saturated rings. The third kappa shape index (κ3) is 8.92. The number of guanidine groups is 1. The van der Waals surface area contributed by atoms with E-state index in [4.69, 9.17) is 4.74 Å². The summed E-state index contributed by atoms with van der Waals surface area (Å²) >= 11 is 0. The third-order valence-corrected chi connectivity index (χ3v) is 4.04. The van der Waals surface area contributed by atoms with Gasteiger partial charge in [-0.3, -0.25) is 4.99 Å². The van der Waals surface area contributed by atoms with Gasteiger partial charge in [0.1, 0.15) is 6.61 Å². The summed E-state index contributed by atoms with van der Waals surface area (Å²) in [5, 5.41) is 6.49. The van der Waals surface area contributed by atoms with E-state index in [1.807, 2.05) is 12.1 Å². The number of alkyl halides is 3. The fourth-order valence-electron chi connectivity index (χ4n) is 2.58. The molecule has 0 radical (unpaired) electrons. The molecular formula is C19H26F3N3O2. The quantitative estimate of drug-likeness (QED) is 0.410. The summed E-state index contributed by atoms with van der Waals surface area (Å²) < 4.78 is 46.1. The molecule has 27 heavy (non-hydrogen) atoms. The number of ether oxygens (including phenoxy) is 2. The number of nitrogens with one attached hydrogen (secondary N) is 2. The summed E-state index contributed by atoms with van der Waals surface area (Å²) in [4.78, 5) is 4.19. The van der Waals surface area contributed by atoms with Crippen LogP contribution in [0.25, 0.3) is 0 Å². The smallest absolute Gasteiger partial charge is 0.377 e. The Morgan fingerprint density at radius 2 is 1.93 bits per heavy atom. The molecule has 1 aromatic carbocycles. The van der Waals surface area contributed by atoms with Crippen molar-refractivity contribution in [2.45, 2.75) is 32.2 Å². The number of rotatable bonds is 8. The van der Waals surface area contributed by atoms with Gasteiger partial charge in [0.2, 0.25) is 0 Å². The predicted molar refractivity (Wildman–Crippen MR) is 98.5 cm³/mol. The predicted octanol–water partition coefficient (Wildman–Crippen LogP) is 3.17. The van der Waals surface area contributed by atoms with Gasteiger partial charge in [-0.25, -0.2) is 0 Å². The van der Waals surface area contributed by atoms with Gasteiger partial charge in [-0.15, -0.1) is 0 Å². The van der Waals surface area contributed by atoms with E-state index in [2.05, 4.69) is 26.4 Å². The molecule has 0 saturated heterocycles. The summed E-state index contributed by atoms with van der Waals surface area (Å²) in [7, 11) is 1.71. The van der Waals surface area contributed by atoms with Crippen LogP contribution in [0, 0.1) is 0 Å². The Morgan fingerprint density at radius 3 is 2.56 bits per heavy atom. The lowest BCUT2D eigenvalue weighted by Gasteiger charge is -2.15. The minimum absolute atomic E-state index is 0.0582. The molecule has 0 amide bonds. The highest BCUT2D eigenvalue weighted by atomic mass is 19.4. The zero-order chi connectivity index (χ0) is 19.5. The van der Waals surface area contributed by atoms with Crippen LogP contribution in [0.15, 0.2) is 40.9 Å². The molecule has 0 aromatic heterocycles. The molecule has 0 aliphatic carbocycles. The minimum atomic E-state index is -4.30. The molecular weight excluding hydrogens is 359 g/mol. The molecule has 0 bridgehead atoms. The van der Waals surface area contributed by atoms with Crippen LogP contribution in [0.2, 0.25) is 0 Å². The maximum absolute atomic E-state index is 12.1. The Balaban J connectivity index is 1.68. The lowest BCUT2D eigenvalue weighted by Crippen LogP contribution is -2.37. The summed E-state index contributed by atoms with van der Waals surface area (Å²) in [6.07, 6.45) is -0.237. The molecule has 1 aliphatic heterocycles. The van der Waals surface area contributed by atoms with Crippen molar-refractivity contribution in [3.63, 3.8) is 0 Å². The van der Waals surface area contributed by atoms with Crippen molar-refractivity contribution in [2.24, 2.45) is 4.99 Å². The zero-order valence-corrected chi connectivity index (χ0v) is 15.4. The van der Waals surface area contributed by atoms with E-state index in [9.17, 15) is 13.2 Å². The topological polar surface area (TPSA) is 54.9 Å². The first-order valence-corrected chi connectivity index (χ1v) is 8.89. The molecule has 1 aliphatic rings. The van der Waals surface area contributed by atoms with Crippen molar-refractivity contribution in [3.05, 3.63) is 47.0 Å². The number of nitrogens with zero attached hydrogens (tertiary/aromatic N) is 1. The first-order chi connectivity index (χ1) is 13.0. The van der Waals surface area contributed by atoms with Crippen LogP contribution >= 0.6 is 0 Å². The van der Waals surface area contributed by atoms with Gasteiger partial charge < -0.3 is 20.1 Å². The number of hydrogen-bond donors (Lipinski definition) is 2. The molecule has 1 aromatic rings. The Hall–Kier alpha value is -2.06. The van der Waals surface area contributed by atoms with Gasteiger partial charge in [-0.05, 0) is 24.0 Å². The van der Waals surface area contributed by atoms with Crippen molar-refractivity contribution < 1.29 is 22.6 Å². The first kappa shape index (κ1) is 21.2. The van der Waals surface area contributed by atoms with Crippen molar-refractivity contribution in [1.29, 1.82) is 0 Å². The van der Waals surface area contributed by atoms with Crippen LogP contribution in [0.5, 0.6) is 0 Å². The van der Waals surface area contributed by atoms with E-state index in [0.29, 0.717) is 24.7 Å². The molecule has 2 N–H and O–H groups in total. The van der Waals surface area contributed by atoms with Gasteiger partial charge >= 0.3 is 6.18 Å². The van der Waals surface area contributed by atoms with Gasteiger partial charge in [0.15, 0.2) is 5.96 Å². The Bertz CT molecular complexity index is 628. The van der Waals surface area contributed by atoms with Crippen molar-refractivity contribution in [1.82, 2.24) is 10.6 Å². The van der Waals surface area contributed by atoms with E-state index in [0.717, 1.165) is 31.6 Å². The largest absolute Gasteiger partial charge is 0.411 e. The second-order valence-electron chi connectivity index (χ2n) is 6.21. The summed E-state index contributed by atoms with van der Waals surface area (Å²) in [6.45, 7) is 1.55. The zero-order valence-electron chi connectivity index (χ0n) is 15.4. The lowest BCUT2D eigenvalue weighted by atomic mass is 10.1. The summed E-state index contributed by atoms with van der Waals surface area (Å²) in [5.41, 5.74) is 3.10. The fraction of sp³-hybridized carbons (Fsp3) is 0.526. The highest BCUT2D eigenvalue weighted by Crippen LogP contribution is 2.16. The number of hydrogen-bond acceptors (Lipinski definition) is 3.